The Balaban J connectivity index is 1.76. The first-order chi connectivity index (χ1) is 13.5. The lowest BCUT2D eigenvalue weighted by molar-refractivity contribution is -0.138. The average Bonchev–Trinajstić information content (AvgIpc) is 3.02. The van der Waals surface area contributed by atoms with Gasteiger partial charge in [-0.2, -0.15) is 18.4 Å². The smallest absolute Gasteiger partial charge is 0.378 e. The lowest BCUT2D eigenvalue weighted by Crippen LogP contribution is -2.49. The number of benzene rings is 2. The highest BCUT2D eigenvalue weighted by atomic mass is 79.9. The van der Waals surface area contributed by atoms with E-state index in [2.05, 4.69) is 21.2 Å². The fraction of sp³-hybridized carbons (Fsp3) is 0.300. The molecule has 1 aliphatic heterocycles. The first-order valence-electron chi connectivity index (χ1n) is 8.70. The van der Waals surface area contributed by atoms with Gasteiger partial charge >= 0.3 is 6.18 Å². The van der Waals surface area contributed by atoms with Crippen molar-refractivity contribution in [2.24, 2.45) is 0 Å². The molecule has 0 radical (unpaired) electrons. The summed E-state index contributed by atoms with van der Waals surface area (Å²) in [6.07, 6.45) is -3.97. The molecule has 1 aliphatic rings. The van der Waals surface area contributed by atoms with Crippen LogP contribution in [0.1, 0.15) is 23.6 Å². The van der Waals surface area contributed by atoms with Gasteiger partial charge in [0.05, 0.1) is 23.7 Å². The zero-order chi connectivity index (χ0) is 21.4. The summed E-state index contributed by atoms with van der Waals surface area (Å²) in [5.74, 6) is -0.833. The minimum Gasteiger partial charge on any atom is -0.378 e. The van der Waals surface area contributed by atoms with Crippen LogP contribution in [0.3, 0.4) is 0 Å². The van der Waals surface area contributed by atoms with E-state index in [9.17, 15) is 23.1 Å². The van der Waals surface area contributed by atoms with Crippen LogP contribution in [0.15, 0.2) is 40.9 Å². The van der Waals surface area contributed by atoms with Gasteiger partial charge in [0.25, 0.3) is 5.91 Å². The number of anilines is 2. The summed E-state index contributed by atoms with van der Waals surface area (Å²) in [7, 11) is 0. The van der Waals surface area contributed by atoms with Crippen molar-refractivity contribution in [3.05, 3.63) is 57.6 Å². The predicted octanol–water partition coefficient (Wildman–Crippen LogP) is 4.09. The number of alkyl halides is 3. The number of carbonyl (C=O) groups excluding carboxylic acids is 1. The molecule has 2 N–H and O–H groups in total. The fourth-order valence-electron chi connectivity index (χ4n) is 3.27. The number of nitriles is 1. The van der Waals surface area contributed by atoms with Crippen LogP contribution in [0.25, 0.3) is 0 Å². The van der Waals surface area contributed by atoms with E-state index in [0.29, 0.717) is 12.6 Å². The predicted molar refractivity (Wildman–Crippen MR) is 105 cm³/mol. The molecule has 1 atom stereocenters. The third kappa shape index (κ3) is 4.54. The molecule has 2 aromatic rings. The monoisotopic (exact) mass is 467 g/mol. The first-order valence-corrected chi connectivity index (χ1v) is 9.49. The first kappa shape index (κ1) is 21.1. The molecule has 0 spiro atoms. The van der Waals surface area contributed by atoms with Crippen LogP contribution in [-0.2, 0) is 17.4 Å². The molecule has 1 unspecified atom stereocenters. The van der Waals surface area contributed by atoms with E-state index in [1.54, 1.807) is 0 Å². The van der Waals surface area contributed by atoms with Gasteiger partial charge in [0.2, 0.25) is 0 Å². The van der Waals surface area contributed by atoms with Gasteiger partial charge in [0.1, 0.15) is 0 Å². The molecular weight excluding hydrogens is 451 g/mol. The van der Waals surface area contributed by atoms with Gasteiger partial charge in [-0.05, 0) is 55.3 Å². The van der Waals surface area contributed by atoms with Crippen LogP contribution >= 0.6 is 15.9 Å². The lowest BCUT2D eigenvalue weighted by atomic mass is 10.0. The summed E-state index contributed by atoms with van der Waals surface area (Å²) in [6.45, 7) is 1.91. The second-order valence-corrected chi connectivity index (χ2v) is 7.96. The molecule has 0 saturated heterocycles. The normalized spacial score (nSPS) is 15.4. The van der Waals surface area contributed by atoms with Gasteiger partial charge in [-0.25, -0.2) is 0 Å². The molecule has 5 nitrogen and oxygen atoms in total. The second kappa shape index (κ2) is 7.69. The number of rotatable bonds is 4. The average molecular weight is 468 g/mol. The number of hydrogen-bond acceptors (Lipinski definition) is 4. The van der Waals surface area contributed by atoms with Crippen LogP contribution in [0.2, 0.25) is 0 Å². The summed E-state index contributed by atoms with van der Waals surface area (Å²) in [4.78, 5) is 14.4. The van der Waals surface area contributed by atoms with Crippen LogP contribution in [-0.4, -0.2) is 29.7 Å². The Morgan fingerprint density at radius 3 is 2.69 bits per heavy atom. The molecule has 29 heavy (non-hydrogen) atoms. The molecule has 0 fully saturated rings. The molecule has 2 aromatic carbocycles. The summed E-state index contributed by atoms with van der Waals surface area (Å²) >= 11 is 3.40. The van der Waals surface area contributed by atoms with E-state index in [4.69, 9.17) is 5.26 Å². The molecule has 1 heterocycles. The number of nitrogens with one attached hydrogen (secondary N) is 1. The van der Waals surface area contributed by atoms with Gasteiger partial charge in [0.15, 0.2) is 5.60 Å². The minimum absolute atomic E-state index is 0.0180. The molecule has 0 bridgehead atoms. The summed E-state index contributed by atoms with van der Waals surface area (Å²) in [5, 5.41) is 21.9. The number of amides is 1. The summed E-state index contributed by atoms with van der Waals surface area (Å²) < 4.78 is 40.2. The second-order valence-electron chi connectivity index (χ2n) is 7.04. The van der Waals surface area contributed by atoms with Gasteiger partial charge in [-0.1, -0.05) is 15.9 Å². The van der Waals surface area contributed by atoms with Crippen LogP contribution in [0, 0.1) is 11.3 Å². The standard InChI is InChI=1S/C20H17BrF3N3O2/c1-19(29,11-27-7-6-12-8-14(21)3-5-17(12)27)18(28)26-15-4-2-13(10-25)16(9-15)20(22,23)24/h2-5,8-9,29H,6-7,11H2,1H3,(H,26,28). The number of aliphatic hydroxyl groups is 1. The summed E-state index contributed by atoms with van der Waals surface area (Å²) in [5.41, 5.74) is -1.69. The maximum Gasteiger partial charge on any atom is 0.417 e. The van der Waals surface area contributed by atoms with Crippen molar-refractivity contribution in [3.8, 4) is 6.07 Å². The number of halogens is 4. The van der Waals surface area contributed by atoms with Crippen molar-refractivity contribution in [1.82, 2.24) is 0 Å². The Morgan fingerprint density at radius 1 is 1.31 bits per heavy atom. The molecule has 0 saturated carbocycles. The maximum atomic E-state index is 13.1. The van der Waals surface area contributed by atoms with E-state index >= 15 is 0 Å². The Labute approximate surface area is 173 Å². The number of fused-ring (bicyclic) bond motifs is 1. The number of nitrogens with zero attached hydrogens (tertiary/aromatic N) is 2. The minimum atomic E-state index is -4.73. The van der Waals surface area contributed by atoms with Crippen molar-refractivity contribution < 1.29 is 23.1 Å². The van der Waals surface area contributed by atoms with Crippen LogP contribution in [0.4, 0.5) is 24.5 Å². The van der Waals surface area contributed by atoms with Crippen LogP contribution < -0.4 is 10.2 Å². The Bertz CT molecular complexity index is 999. The van der Waals surface area contributed by atoms with Crippen molar-refractivity contribution in [2.75, 3.05) is 23.3 Å². The van der Waals surface area contributed by atoms with Crippen LogP contribution in [0.5, 0.6) is 0 Å². The lowest BCUT2D eigenvalue weighted by Gasteiger charge is -2.29. The van der Waals surface area contributed by atoms with Gasteiger partial charge in [-0.15, -0.1) is 0 Å². The van der Waals surface area contributed by atoms with E-state index in [1.807, 2.05) is 23.1 Å². The molecule has 0 aromatic heterocycles. The molecule has 152 valence electrons. The van der Waals surface area contributed by atoms with Crippen molar-refractivity contribution >= 4 is 33.2 Å². The molecule has 1 amide bonds. The summed E-state index contributed by atoms with van der Waals surface area (Å²) in [6, 6.07) is 10.1. The third-order valence-corrected chi connectivity index (χ3v) is 5.22. The van der Waals surface area contributed by atoms with E-state index in [0.717, 1.165) is 28.2 Å². The SMILES string of the molecule is CC(O)(CN1CCc2cc(Br)ccc21)C(=O)Nc1ccc(C#N)c(C(F)(F)F)c1. The zero-order valence-corrected chi connectivity index (χ0v) is 16.9. The van der Waals surface area contributed by atoms with Crippen molar-refractivity contribution in [1.29, 1.82) is 5.26 Å². The molecule has 3 rings (SSSR count). The maximum absolute atomic E-state index is 13.1. The largest absolute Gasteiger partial charge is 0.417 e. The Kier molecular flexibility index (Phi) is 5.61. The van der Waals surface area contributed by atoms with Gasteiger partial charge in [-0.3, -0.25) is 4.79 Å². The number of β-amino-alcohol motifs (C(OH)–C–C–N with tert-alkyl or cyclic N) is 1. The van der Waals surface area contributed by atoms with E-state index in [1.165, 1.54) is 19.1 Å². The number of carbonyl (C=O) groups is 1. The van der Waals surface area contributed by atoms with Gasteiger partial charge < -0.3 is 15.3 Å². The van der Waals surface area contributed by atoms with E-state index in [-0.39, 0.29) is 12.2 Å². The third-order valence-electron chi connectivity index (χ3n) is 4.72. The number of hydrogen-bond donors (Lipinski definition) is 2. The molecule has 0 aliphatic carbocycles. The van der Waals surface area contributed by atoms with Crippen molar-refractivity contribution in [3.63, 3.8) is 0 Å². The Hall–Kier alpha value is -2.57. The van der Waals surface area contributed by atoms with Gasteiger partial charge in [0, 0.05) is 22.4 Å². The Morgan fingerprint density at radius 2 is 2.03 bits per heavy atom. The molecular formula is C20H17BrF3N3O2. The highest BCUT2D eigenvalue weighted by Crippen LogP contribution is 2.34. The quantitative estimate of drug-likeness (QED) is 0.709. The molecule has 9 heteroatoms. The van der Waals surface area contributed by atoms with E-state index < -0.39 is 28.8 Å². The van der Waals surface area contributed by atoms with Crippen molar-refractivity contribution in [2.45, 2.75) is 25.1 Å². The fourth-order valence-corrected chi connectivity index (χ4v) is 3.67. The highest BCUT2D eigenvalue weighted by Gasteiger charge is 2.37. The highest BCUT2D eigenvalue weighted by molar-refractivity contribution is 9.10. The topological polar surface area (TPSA) is 76.4 Å². The zero-order valence-electron chi connectivity index (χ0n) is 15.3.